The molecule has 106 valence electrons. The van der Waals surface area contributed by atoms with E-state index in [1.54, 1.807) is 0 Å². The molecule has 1 rings (SSSR count). The van der Waals surface area contributed by atoms with E-state index in [0.29, 0.717) is 12.5 Å². The van der Waals surface area contributed by atoms with Gasteiger partial charge in [0.05, 0.1) is 19.3 Å². The lowest BCUT2D eigenvalue weighted by Crippen LogP contribution is -2.46. The molecular formula is C13H27N3O2. The summed E-state index contributed by atoms with van der Waals surface area (Å²) in [7, 11) is 1.96. The van der Waals surface area contributed by atoms with Crippen molar-refractivity contribution < 1.29 is 9.53 Å². The molecule has 1 aliphatic rings. The van der Waals surface area contributed by atoms with Crippen LogP contribution in [-0.4, -0.2) is 63.3 Å². The van der Waals surface area contributed by atoms with E-state index in [9.17, 15) is 4.79 Å². The molecule has 5 heteroatoms. The molecule has 0 aromatic carbocycles. The van der Waals surface area contributed by atoms with Crippen molar-refractivity contribution in [2.75, 3.05) is 46.4 Å². The molecule has 0 spiro atoms. The van der Waals surface area contributed by atoms with Crippen molar-refractivity contribution in [1.29, 1.82) is 0 Å². The van der Waals surface area contributed by atoms with Gasteiger partial charge in [-0.3, -0.25) is 9.69 Å². The molecule has 1 heterocycles. The summed E-state index contributed by atoms with van der Waals surface area (Å²) in [5.41, 5.74) is 0. The summed E-state index contributed by atoms with van der Waals surface area (Å²) < 4.78 is 5.61. The van der Waals surface area contributed by atoms with Crippen molar-refractivity contribution >= 4 is 5.91 Å². The third-order valence-electron chi connectivity index (χ3n) is 2.98. The molecule has 0 aromatic heterocycles. The highest BCUT2D eigenvalue weighted by Crippen LogP contribution is 1.99. The number of hydrogen-bond acceptors (Lipinski definition) is 4. The summed E-state index contributed by atoms with van der Waals surface area (Å²) in [6.45, 7) is 8.89. The number of morpholine rings is 1. The second-order valence-electron chi connectivity index (χ2n) is 5.43. The molecule has 5 nitrogen and oxygen atoms in total. The van der Waals surface area contributed by atoms with Crippen molar-refractivity contribution in [2.24, 2.45) is 5.92 Å². The first-order valence-corrected chi connectivity index (χ1v) is 6.85. The lowest BCUT2D eigenvalue weighted by atomic mass is 10.1. The van der Waals surface area contributed by atoms with Crippen LogP contribution >= 0.6 is 0 Å². The second-order valence-corrected chi connectivity index (χ2v) is 5.43. The fourth-order valence-electron chi connectivity index (χ4n) is 1.95. The molecule has 1 aliphatic heterocycles. The fraction of sp³-hybridized carbons (Fsp3) is 0.923. The highest BCUT2D eigenvalue weighted by Gasteiger charge is 2.16. The molecule has 0 aliphatic carbocycles. The summed E-state index contributed by atoms with van der Waals surface area (Å²) in [5, 5.41) is 6.23. The van der Waals surface area contributed by atoms with Crippen molar-refractivity contribution in [1.82, 2.24) is 15.5 Å². The summed E-state index contributed by atoms with van der Waals surface area (Å²) in [4.78, 5) is 13.7. The first kappa shape index (κ1) is 15.4. The molecule has 1 amide bonds. The Morgan fingerprint density at radius 1 is 1.56 bits per heavy atom. The Morgan fingerprint density at radius 3 is 2.94 bits per heavy atom. The van der Waals surface area contributed by atoms with E-state index in [0.717, 1.165) is 39.2 Å². The summed E-state index contributed by atoms with van der Waals surface area (Å²) in [6, 6.07) is 0. The lowest BCUT2D eigenvalue weighted by Gasteiger charge is -2.27. The standard InChI is InChI=1S/C13H27N3O2/c1-11(2)4-5-15-13(17)10-16(3)9-12-8-14-6-7-18-12/h11-12,14H,4-10H2,1-3H3,(H,15,17). The summed E-state index contributed by atoms with van der Waals surface area (Å²) >= 11 is 0. The van der Waals surface area contributed by atoms with Crippen LogP contribution in [0.2, 0.25) is 0 Å². The third kappa shape index (κ3) is 6.93. The maximum Gasteiger partial charge on any atom is 0.234 e. The number of nitrogens with zero attached hydrogens (tertiary/aromatic N) is 1. The zero-order chi connectivity index (χ0) is 13.4. The van der Waals surface area contributed by atoms with Crippen molar-refractivity contribution in [3.63, 3.8) is 0 Å². The van der Waals surface area contributed by atoms with E-state index in [4.69, 9.17) is 4.74 Å². The SMILES string of the molecule is CC(C)CCNC(=O)CN(C)CC1CNCCO1. The Morgan fingerprint density at radius 2 is 2.33 bits per heavy atom. The van der Waals surface area contributed by atoms with Gasteiger partial charge in [-0.05, 0) is 19.4 Å². The molecule has 0 radical (unpaired) electrons. The minimum atomic E-state index is 0.0990. The number of ether oxygens (including phenoxy) is 1. The molecule has 2 N–H and O–H groups in total. The van der Waals surface area contributed by atoms with Crippen LogP contribution in [0.3, 0.4) is 0 Å². The van der Waals surface area contributed by atoms with Crippen LogP contribution in [0.1, 0.15) is 20.3 Å². The van der Waals surface area contributed by atoms with E-state index in [1.807, 2.05) is 11.9 Å². The summed E-state index contributed by atoms with van der Waals surface area (Å²) in [6.07, 6.45) is 1.23. The van der Waals surface area contributed by atoms with Crippen LogP contribution in [0.5, 0.6) is 0 Å². The zero-order valence-corrected chi connectivity index (χ0v) is 11.9. The van der Waals surface area contributed by atoms with Crippen LogP contribution in [0.25, 0.3) is 0 Å². The number of hydrogen-bond donors (Lipinski definition) is 2. The van der Waals surface area contributed by atoms with E-state index in [2.05, 4.69) is 24.5 Å². The Kier molecular flexibility index (Phi) is 7.23. The third-order valence-corrected chi connectivity index (χ3v) is 2.98. The van der Waals surface area contributed by atoms with Crippen LogP contribution in [-0.2, 0) is 9.53 Å². The molecule has 18 heavy (non-hydrogen) atoms. The van der Waals surface area contributed by atoms with Gasteiger partial charge in [-0.25, -0.2) is 0 Å². The maximum atomic E-state index is 11.7. The molecule has 1 atom stereocenters. The largest absolute Gasteiger partial charge is 0.374 e. The van der Waals surface area contributed by atoms with Crippen LogP contribution < -0.4 is 10.6 Å². The minimum Gasteiger partial charge on any atom is -0.374 e. The van der Waals surface area contributed by atoms with Gasteiger partial charge in [-0.2, -0.15) is 0 Å². The molecular weight excluding hydrogens is 230 g/mol. The van der Waals surface area contributed by atoms with E-state index >= 15 is 0 Å². The average Bonchev–Trinajstić information content (AvgIpc) is 2.29. The van der Waals surface area contributed by atoms with Gasteiger partial charge in [-0.1, -0.05) is 13.8 Å². The number of rotatable bonds is 7. The van der Waals surface area contributed by atoms with Gasteiger partial charge >= 0.3 is 0 Å². The fourth-order valence-corrected chi connectivity index (χ4v) is 1.95. The summed E-state index contributed by atoms with van der Waals surface area (Å²) in [5.74, 6) is 0.728. The smallest absolute Gasteiger partial charge is 0.234 e. The first-order chi connectivity index (χ1) is 8.58. The number of carbonyl (C=O) groups excluding carboxylic acids is 1. The van der Waals surface area contributed by atoms with Gasteiger partial charge in [0.15, 0.2) is 0 Å². The number of amides is 1. The lowest BCUT2D eigenvalue weighted by molar-refractivity contribution is -0.122. The van der Waals surface area contributed by atoms with Crippen LogP contribution in [0.4, 0.5) is 0 Å². The average molecular weight is 257 g/mol. The highest BCUT2D eigenvalue weighted by atomic mass is 16.5. The molecule has 0 aromatic rings. The topological polar surface area (TPSA) is 53.6 Å². The van der Waals surface area contributed by atoms with Crippen molar-refractivity contribution in [3.05, 3.63) is 0 Å². The van der Waals surface area contributed by atoms with Gasteiger partial charge in [0.1, 0.15) is 0 Å². The predicted molar refractivity (Wildman–Crippen MR) is 72.6 cm³/mol. The monoisotopic (exact) mass is 257 g/mol. The Balaban J connectivity index is 2.10. The molecule has 0 saturated carbocycles. The van der Waals surface area contributed by atoms with Gasteiger partial charge in [-0.15, -0.1) is 0 Å². The number of carbonyl (C=O) groups is 1. The van der Waals surface area contributed by atoms with Gasteiger partial charge in [0, 0.05) is 26.2 Å². The molecule has 1 fully saturated rings. The quantitative estimate of drug-likeness (QED) is 0.678. The highest BCUT2D eigenvalue weighted by molar-refractivity contribution is 5.77. The minimum absolute atomic E-state index is 0.0990. The van der Waals surface area contributed by atoms with Gasteiger partial charge < -0.3 is 15.4 Å². The first-order valence-electron chi connectivity index (χ1n) is 6.85. The van der Waals surface area contributed by atoms with Crippen LogP contribution in [0, 0.1) is 5.92 Å². The number of likely N-dealkylation sites (N-methyl/N-ethyl adjacent to an activating group) is 1. The van der Waals surface area contributed by atoms with Crippen molar-refractivity contribution in [3.8, 4) is 0 Å². The normalized spacial score (nSPS) is 20.4. The van der Waals surface area contributed by atoms with E-state index in [-0.39, 0.29) is 12.0 Å². The van der Waals surface area contributed by atoms with Crippen LogP contribution in [0.15, 0.2) is 0 Å². The Hall–Kier alpha value is -0.650. The van der Waals surface area contributed by atoms with Gasteiger partial charge in [0.25, 0.3) is 0 Å². The molecule has 1 unspecified atom stereocenters. The van der Waals surface area contributed by atoms with Crippen molar-refractivity contribution in [2.45, 2.75) is 26.4 Å². The molecule has 1 saturated heterocycles. The predicted octanol–water partition coefficient (Wildman–Crippen LogP) is 0.0689. The van der Waals surface area contributed by atoms with E-state index < -0.39 is 0 Å². The number of nitrogens with one attached hydrogen (secondary N) is 2. The Labute approximate surface area is 110 Å². The Bertz CT molecular complexity index is 240. The maximum absolute atomic E-state index is 11.7. The zero-order valence-electron chi connectivity index (χ0n) is 11.9. The second kappa shape index (κ2) is 8.45. The van der Waals surface area contributed by atoms with Gasteiger partial charge in [0.2, 0.25) is 5.91 Å². The van der Waals surface area contributed by atoms with E-state index in [1.165, 1.54) is 0 Å². The molecule has 0 bridgehead atoms.